The number of halogens is 6. The van der Waals surface area contributed by atoms with Crippen molar-refractivity contribution in [3.05, 3.63) is 47.9 Å². The number of likely N-dealkylation sites (N-methyl/N-ethyl adjacent to an activating group) is 1. The fourth-order valence-electron chi connectivity index (χ4n) is 4.16. The van der Waals surface area contributed by atoms with Crippen molar-refractivity contribution in [3.63, 3.8) is 0 Å². The van der Waals surface area contributed by atoms with E-state index in [1.165, 1.54) is 6.33 Å². The molecule has 1 amide bonds. The summed E-state index contributed by atoms with van der Waals surface area (Å²) in [5, 5.41) is 3.26. The van der Waals surface area contributed by atoms with Gasteiger partial charge in [0, 0.05) is 38.1 Å². The minimum atomic E-state index is -4.96. The molecule has 188 valence electrons. The molecule has 0 spiro atoms. The van der Waals surface area contributed by atoms with E-state index < -0.39 is 41.6 Å². The predicted octanol–water partition coefficient (Wildman–Crippen LogP) is 4.53. The van der Waals surface area contributed by atoms with Crippen molar-refractivity contribution >= 4 is 28.4 Å². The normalized spacial score (nSPS) is 17.0. The molecule has 0 saturated carbocycles. The van der Waals surface area contributed by atoms with Crippen LogP contribution >= 0.6 is 0 Å². The van der Waals surface area contributed by atoms with Gasteiger partial charge in [0.15, 0.2) is 0 Å². The second-order valence-electron chi connectivity index (χ2n) is 8.33. The van der Waals surface area contributed by atoms with E-state index >= 15 is 0 Å². The van der Waals surface area contributed by atoms with Gasteiger partial charge in [0.25, 0.3) is 0 Å². The van der Waals surface area contributed by atoms with E-state index in [9.17, 15) is 31.1 Å². The van der Waals surface area contributed by atoms with Gasteiger partial charge in [0.1, 0.15) is 17.8 Å². The smallest absolute Gasteiger partial charge is 0.376 e. The molecular weight excluding hydrogens is 478 g/mol. The highest BCUT2D eigenvalue weighted by Crippen LogP contribution is 2.37. The van der Waals surface area contributed by atoms with E-state index in [0.717, 1.165) is 11.8 Å². The van der Waals surface area contributed by atoms with Gasteiger partial charge < -0.3 is 20.1 Å². The Morgan fingerprint density at radius 3 is 2.49 bits per heavy atom. The molecule has 2 N–H and O–H groups in total. The standard InChI is InChI=1S/C22H22F6N6O/c1-33(20-17-4-5-29-19(17)31-12-32-20)16-3-2-6-34(11-16)18(35)10-30-15-8-13(21(23,24)25)7-14(9-15)22(26,27)28/h4-5,7-9,12,16,30H,2-3,6,10-11H2,1H3,(H,29,31,32)/t16-/m1/s1. The molecule has 7 nitrogen and oxygen atoms in total. The van der Waals surface area contributed by atoms with E-state index in [2.05, 4.69) is 20.3 Å². The topological polar surface area (TPSA) is 77.2 Å². The fraction of sp³-hybridized carbons (Fsp3) is 0.409. The number of anilines is 2. The molecule has 0 bridgehead atoms. The first-order valence-corrected chi connectivity index (χ1v) is 10.8. The zero-order valence-corrected chi connectivity index (χ0v) is 18.5. The highest BCUT2D eigenvalue weighted by atomic mass is 19.4. The summed E-state index contributed by atoms with van der Waals surface area (Å²) in [6, 6.07) is 2.94. The van der Waals surface area contributed by atoms with Crippen molar-refractivity contribution in [3.8, 4) is 0 Å². The van der Waals surface area contributed by atoms with Crippen molar-refractivity contribution in [1.29, 1.82) is 0 Å². The number of benzene rings is 1. The van der Waals surface area contributed by atoms with Gasteiger partial charge in [-0.2, -0.15) is 26.3 Å². The van der Waals surface area contributed by atoms with E-state index in [-0.39, 0.29) is 12.1 Å². The van der Waals surface area contributed by atoms with Crippen LogP contribution < -0.4 is 10.2 Å². The van der Waals surface area contributed by atoms with Gasteiger partial charge in [-0.3, -0.25) is 4.79 Å². The van der Waals surface area contributed by atoms with Gasteiger partial charge in [0.2, 0.25) is 5.91 Å². The molecule has 1 aliphatic heterocycles. The Morgan fingerprint density at radius 1 is 1.14 bits per heavy atom. The molecule has 3 aromatic rings. The number of alkyl halides is 6. The summed E-state index contributed by atoms with van der Waals surface area (Å²) in [5.41, 5.74) is -2.64. The number of nitrogens with one attached hydrogen (secondary N) is 2. The molecular formula is C22H22F6N6O. The van der Waals surface area contributed by atoms with Crippen molar-refractivity contribution in [1.82, 2.24) is 19.9 Å². The summed E-state index contributed by atoms with van der Waals surface area (Å²) < 4.78 is 78.5. The first-order chi connectivity index (χ1) is 16.4. The third kappa shape index (κ3) is 5.43. The number of aromatic nitrogens is 3. The monoisotopic (exact) mass is 500 g/mol. The molecule has 1 saturated heterocycles. The summed E-state index contributed by atoms with van der Waals surface area (Å²) in [6.45, 7) is 0.332. The summed E-state index contributed by atoms with van der Waals surface area (Å²) >= 11 is 0. The number of amides is 1. The van der Waals surface area contributed by atoms with Gasteiger partial charge >= 0.3 is 12.4 Å². The highest BCUT2D eigenvalue weighted by Gasteiger charge is 2.37. The predicted molar refractivity (Wildman–Crippen MR) is 117 cm³/mol. The fourth-order valence-corrected chi connectivity index (χ4v) is 4.16. The number of H-pyrrole nitrogens is 1. The van der Waals surface area contributed by atoms with E-state index in [1.807, 2.05) is 18.0 Å². The van der Waals surface area contributed by atoms with Crippen molar-refractivity contribution < 1.29 is 31.1 Å². The average molecular weight is 500 g/mol. The quantitative estimate of drug-likeness (QED) is 0.504. The molecule has 2 aromatic heterocycles. The van der Waals surface area contributed by atoms with Crippen LogP contribution in [-0.2, 0) is 17.1 Å². The zero-order valence-electron chi connectivity index (χ0n) is 18.5. The van der Waals surface area contributed by atoms with Gasteiger partial charge in [-0.25, -0.2) is 9.97 Å². The Kier molecular flexibility index (Phi) is 6.52. The van der Waals surface area contributed by atoms with Crippen molar-refractivity contribution in [2.24, 2.45) is 0 Å². The highest BCUT2D eigenvalue weighted by molar-refractivity contribution is 5.87. The number of aromatic amines is 1. The molecule has 0 aliphatic carbocycles. The molecule has 0 radical (unpaired) electrons. The maximum atomic E-state index is 13.1. The van der Waals surface area contributed by atoms with Crippen LogP contribution in [0.5, 0.6) is 0 Å². The summed E-state index contributed by atoms with van der Waals surface area (Å²) in [6.07, 6.45) is -5.27. The largest absolute Gasteiger partial charge is 0.416 e. The minimum Gasteiger partial charge on any atom is -0.376 e. The van der Waals surface area contributed by atoms with Crippen molar-refractivity contribution in [2.45, 2.75) is 31.2 Å². The molecule has 35 heavy (non-hydrogen) atoms. The first kappa shape index (κ1) is 24.6. The second-order valence-corrected chi connectivity index (χ2v) is 8.33. The Morgan fingerprint density at radius 2 is 1.83 bits per heavy atom. The Labute approximate surface area is 196 Å². The van der Waals surface area contributed by atoms with Gasteiger partial charge in [-0.15, -0.1) is 0 Å². The molecule has 4 rings (SSSR count). The maximum absolute atomic E-state index is 13.1. The molecule has 1 aliphatic rings. The number of carbonyl (C=O) groups excluding carboxylic acids is 1. The summed E-state index contributed by atoms with van der Waals surface area (Å²) in [5.74, 6) is 0.265. The average Bonchev–Trinajstić information content (AvgIpc) is 3.30. The lowest BCUT2D eigenvalue weighted by Gasteiger charge is -2.38. The van der Waals surface area contributed by atoms with Crippen LogP contribution in [0.2, 0.25) is 0 Å². The van der Waals surface area contributed by atoms with E-state index in [0.29, 0.717) is 43.1 Å². The van der Waals surface area contributed by atoms with Crippen LogP contribution in [0.1, 0.15) is 24.0 Å². The third-order valence-corrected chi connectivity index (χ3v) is 6.00. The lowest BCUT2D eigenvalue weighted by molar-refractivity contribution is -0.143. The molecule has 13 heteroatoms. The Bertz CT molecular complexity index is 1170. The lowest BCUT2D eigenvalue weighted by Crippen LogP contribution is -2.50. The van der Waals surface area contributed by atoms with Gasteiger partial charge in [0.05, 0.1) is 23.1 Å². The number of fused-ring (bicyclic) bond motifs is 1. The summed E-state index contributed by atoms with van der Waals surface area (Å²) in [7, 11) is 1.85. The van der Waals surface area contributed by atoms with E-state index in [4.69, 9.17) is 0 Å². The van der Waals surface area contributed by atoms with Crippen LogP contribution in [0.15, 0.2) is 36.8 Å². The SMILES string of the molecule is CN(c1ncnc2[nH]ccc12)[C@@H]1CCCN(C(=O)CNc2cc(C(F)(F)F)cc(C(F)(F)F)c2)C1. The number of rotatable bonds is 5. The van der Waals surface area contributed by atoms with Crippen LogP contribution in [0.4, 0.5) is 37.8 Å². The lowest BCUT2D eigenvalue weighted by atomic mass is 10.0. The molecule has 3 heterocycles. The van der Waals surface area contributed by atoms with Crippen LogP contribution in [-0.4, -0.2) is 58.5 Å². The summed E-state index contributed by atoms with van der Waals surface area (Å²) in [4.78, 5) is 27.8. The van der Waals surface area contributed by atoms with E-state index in [1.54, 1.807) is 11.1 Å². The minimum absolute atomic E-state index is 0.0483. The van der Waals surface area contributed by atoms with Gasteiger partial charge in [-0.1, -0.05) is 0 Å². The third-order valence-electron chi connectivity index (χ3n) is 6.00. The second kappa shape index (κ2) is 9.27. The van der Waals surface area contributed by atoms with Crippen LogP contribution in [0.3, 0.4) is 0 Å². The van der Waals surface area contributed by atoms with Crippen molar-refractivity contribution in [2.75, 3.05) is 36.9 Å². The number of piperidine rings is 1. The molecule has 1 aromatic carbocycles. The number of likely N-dealkylation sites (tertiary alicyclic amines) is 1. The number of hydrogen-bond acceptors (Lipinski definition) is 5. The number of carbonyl (C=O) groups is 1. The number of nitrogens with zero attached hydrogens (tertiary/aromatic N) is 4. The molecule has 1 atom stereocenters. The Hall–Kier alpha value is -3.51. The number of hydrogen-bond donors (Lipinski definition) is 2. The first-order valence-electron chi connectivity index (χ1n) is 10.8. The van der Waals surface area contributed by atoms with Gasteiger partial charge in [-0.05, 0) is 37.1 Å². The van der Waals surface area contributed by atoms with Crippen LogP contribution in [0.25, 0.3) is 11.0 Å². The molecule has 1 fully saturated rings. The molecule has 0 unspecified atom stereocenters. The zero-order chi connectivity index (χ0) is 25.4. The van der Waals surface area contributed by atoms with Crippen LogP contribution in [0, 0.1) is 0 Å². The Balaban J connectivity index is 1.44. The maximum Gasteiger partial charge on any atom is 0.416 e.